The van der Waals surface area contributed by atoms with Gasteiger partial charge in [0.15, 0.2) is 0 Å². The number of amides is 1. The van der Waals surface area contributed by atoms with Crippen LogP contribution in [0.3, 0.4) is 0 Å². The minimum absolute atomic E-state index is 0.246. The Morgan fingerprint density at radius 2 is 2.12 bits per heavy atom. The van der Waals surface area contributed by atoms with Crippen LogP contribution in [-0.2, 0) is 19.9 Å². The molecule has 0 spiro atoms. The van der Waals surface area contributed by atoms with Gasteiger partial charge in [0.25, 0.3) is 0 Å². The SMILES string of the molecule is COC1(c2sc(C(CNc3nccc4ccc(-c5noc(C)n5)cc34)C(N)=O)nc2C)COC1. The Morgan fingerprint density at radius 3 is 2.76 bits per heavy atom. The molecule has 3 aromatic heterocycles. The lowest BCUT2D eigenvalue weighted by Gasteiger charge is -2.39. The molecule has 5 rings (SSSR count). The van der Waals surface area contributed by atoms with E-state index in [9.17, 15) is 4.79 Å². The predicted octanol–water partition coefficient (Wildman–Crippen LogP) is 2.91. The smallest absolute Gasteiger partial charge is 0.229 e. The molecule has 1 saturated heterocycles. The first kappa shape index (κ1) is 22.4. The lowest BCUT2D eigenvalue weighted by molar-refractivity contribution is -0.201. The van der Waals surface area contributed by atoms with E-state index in [1.807, 2.05) is 31.2 Å². The molecule has 1 aliphatic rings. The van der Waals surface area contributed by atoms with Crippen LogP contribution in [0.4, 0.5) is 5.82 Å². The van der Waals surface area contributed by atoms with Crippen LogP contribution in [0.2, 0.25) is 0 Å². The normalized spacial score (nSPS) is 15.7. The summed E-state index contributed by atoms with van der Waals surface area (Å²) in [5, 5.41) is 9.78. The van der Waals surface area contributed by atoms with Gasteiger partial charge in [-0.2, -0.15) is 4.98 Å². The fourth-order valence-electron chi connectivity index (χ4n) is 3.99. The van der Waals surface area contributed by atoms with E-state index >= 15 is 0 Å². The van der Waals surface area contributed by atoms with E-state index < -0.39 is 17.4 Å². The molecule has 0 saturated carbocycles. The van der Waals surface area contributed by atoms with Crippen LogP contribution in [0.5, 0.6) is 0 Å². The molecule has 4 heterocycles. The second kappa shape index (κ2) is 8.75. The molecular formula is C23H24N6O4S. The molecule has 1 atom stereocenters. The first-order valence-electron chi connectivity index (χ1n) is 10.7. The fraction of sp³-hybridized carbons (Fsp3) is 0.348. The van der Waals surface area contributed by atoms with Crippen LogP contribution in [0.25, 0.3) is 22.2 Å². The first-order chi connectivity index (χ1) is 16.4. The third kappa shape index (κ3) is 3.91. The maximum atomic E-state index is 12.4. The number of carbonyl (C=O) groups is 1. The van der Waals surface area contributed by atoms with Gasteiger partial charge in [-0.15, -0.1) is 11.3 Å². The summed E-state index contributed by atoms with van der Waals surface area (Å²) in [6.07, 6.45) is 1.71. The Bertz CT molecular complexity index is 1360. The molecule has 1 fully saturated rings. The molecule has 1 unspecified atom stereocenters. The second-order valence-electron chi connectivity index (χ2n) is 8.23. The van der Waals surface area contributed by atoms with Crippen molar-refractivity contribution in [2.45, 2.75) is 25.4 Å². The van der Waals surface area contributed by atoms with Gasteiger partial charge in [-0.1, -0.05) is 17.3 Å². The Kier molecular flexibility index (Phi) is 5.76. The summed E-state index contributed by atoms with van der Waals surface area (Å²) in [5.41, 5.74) is 6.90. The third-order valence-corrected chi connectivity index (χ3v) is 7.41. The van der Waals surface area contributed by atoms with Gasteiger partial charge in [-0.05, 0) is 24.4 Å². The molecule has 0 aliphatic carbocycles. The summed E-state index contributed by atoms with van der Waals surface area (Å²) in [4.78, 5) is 26.8. The minimum Gasteiger partial charge on any atom is -0.374 e. The maximum Gasteiger partial charge on any atom is 0.229 e. The molecule has 34 heavy (non-hydrogen) atoms. The Balaban J connectivity index is 1.43. The second-order valence-corrected chi connectivity index (χ2v) is 9.26. The van der Waals surface area contributed by atoms with Gasteiger partial charge >= 0.3 is 0 Å². The van der Waals surface area contributed by atoms with E-state index in [1.54, 1.807) is 20.2 Å². The summed E-state index contributed by atoms with van der Waals surface area (Å²) in [5.74, 6) is 0.521. The van der Waals surface area contributed by atoms with Crippen LogP contribution < -0.4 is 11.1 Å². The van der Waals surface area contributed by atoms with Crippen LogP contribution in [0, 0.1) is 13.8 Å². The van der Waals surface area contributed by atoms with Crippen molar-refractivity contribution in [1.29, 1.82) is 0 Å². The number of aromatic nitrogens is 4. The summed E-state index contributed by atoms with van der Waals surface area (Å²) in [7, 11) is 1.66. The number of hydrogen-bond donors (Lipinski definition) is 2. The molecule has 1 aliphatic heterocycles. The predicted molar refractivity (Wildman–Crippen MR) is 127 cm³/mol. The fourth-order valence-corrected chi connectivity index (χ4v) is 5.31. The Morgan fingerprint density at radius 1 is 1.29 bits per heavy atom. The van der Waals surface area contributed by atoms with Crippen molar-refractivity contribution in [3.8, 4) is 11.4 Å². The summed E-state index contributed by atoms with van der Waals surface area (Å²) in [6.45, 7) is 4.83. The van der Waals surface area contributed by atoms with Gasteiger partial charge in [-0.3, -0.25) is 4.79 Å². The number of thiazole rings is 1. The number of nitrogens with one attached hydrogen (secondary N) is 1. The number of primary amides is 1. The highest BCUT2D eigenvalue weighted by Gasteiger charge is 2.44. The maximum absolute atomic E-state index is 12.4. The number of anilines is 1. The number of fused-ring (bicyclic) bond motifs is 1. The van der Waals surface area contributed by atoms with Crippen molar-refractivity contribution in [2.75, 3.05) is 32.2 Å². The molecule has 0 radical (unpaired) electrons. The van der Waals surface area contributed by atoms with Gasteiger partial charge in [0.1, 0.15) is 22.3 Å². The summed E-state index contributed by atoms with van der Waals surface area (Å²) >= 11 is 1.44. The van der Waals surface area contributed by atoms with Gasteiger partial charge in [-0.25, -0.2) is 9.97 Å². The molecule has 1 amide bonds. The number of benzene rings is 1. The molecule has 176 valence electrons. The largest absolute Gasteiger partial charge is 0.374 e. The van der Waals surface area contributed by atoms with E-state index in [-0.39, 0.29) is 6.54 Å². The van der Waals surface area contributed by atoms with Gasteiger partial charge in [0.2, 0.25) is 17.6 Å². The number of aryl methyl sites for hydroxylation is 2. The summed E-state index contributed by atoms with van der Waals surface area (Å²) < 4.78 is 16.2. The number of ether oxygens (including phenoxy) is 2. The first-order valence-corrected chi connectivity index (χ1v) is 11.6. The van der Waals surface area contributed by atoms with E-state index in [4.69, 9.17) is 19.7 Å². The molecule has 3 N–H and O–H groups in total. The zero-order valence-electron chi connectivity index (χ0n) is 19.0. The van der Waals surface area contributed by atoms with Gasteiger partial charge < -0.3 is 25.0 Å². The average Bonchev–Trinajstić information content (AvgIpc) is 3.39. The zero-order chi connectivity index (χ0) is 23.9. The molecule has 11 heteroatoms. The summed E-state index contributed by atoms with van der Waals surface area (Å²) in [6, 6.07) is 7.76. The van der Waals surface area contributed by atoms with Crippen molar-refractivity contribution in [3.63, 3.8) is 0 Å². The number of pyridine rings is 1. The highest BCUT2D eigenvalue weighted by atomic mass is 32.1. The van der Waals surface area contributed by atoms with Crippen LogP contribution in [0.15, 0.2) is 35.0 Å². The lowest BCUT2D eigenvalue weighted by atomic mass is 9.99. The number of methoxy groups -OCH3 is 1. The third-order valence-electron chi connectivity index (χ3n) is 5.96. The van der Waals surface area contributed by atoms with E-state index in [0.29, 0.717) is 35.8 Å². The van der Waals surface area contributed by atoms with E-state index in [1.165, 1.54) is 11.3 Å². The Labute approximate surface area is 199 Å². The number of nitrogens with zero attached hydrogens (tertiary/aromatic N) is 4. The topological polar surface area (TPSA) is 138 Å². The molecule has 10 nitrogen and oxygen atoms in total. The molecule has 4 aromatic rings. The minimum atomic E-state index is -0.632. The number of hydrogen-bond acceptors (Lipinski definition) is 10. The highest BCUT2D eigenvalue weighted by molar-refractivity contribution is 7.12. The highest BCUT2D eigenvalue weighted by Crippen LogP contribution is 2.40. The Hall–Kier alpha value is -3.41. The van der Waals surface area contributed by atoms with Crippen molar-refractivity contribution < 1.29 is 18.8 Å². The van der Waals surface area contributed by atoms with Gasteiger partial charge in [0.05, 0.1) is 23.8 Å². The van der Waals surface area contributed by atoms with Crippen molar-refractivity contribution in [1.82, 2.24) is 20.1 Å². The van der Waals surface area contributed by atoms with Crippen molar-refractivity contribution in [2.24, 2.45) is 5.73 Å². The van der Waals surface area contributed by atoms with Crippen molar-refractivity contribution >= 4 is 33.8 Å². The molecule has 0 bridgehead atoms. The number of carbonyl (C=O) groups excluding carboxylic acids is 1. The van der Waals surface area contributed by atoms with Crippen LogP contribution in [0.1, 0.15) is 27.4 Å². The molecule has 1 aromatic carbocycles. The number of rotatable bonds is 8. The van der Waals surface area contributed by atoms with E-state index in [0.717, 1.165) is 26.9 Å². The van der Waals surface area contributed by atoms with E-state index in [2.05, 4.69) is 25.4 Å². The zero-order valence-corrected chi connectivity index (χ0v) is 19.8. The molecular weight excluding hydrogens is 456 g/mol. The average molecular weight is 481 g/mol. The lowest BCUT2D eigenvalue weighted by Crippen LogP contribution is -2.48. The van der Waals surface area contributed by atoms with Crippen LogP contribution >= 0.6 is 11.3 Å². The van der Waals surface area contributed by atoms with Crippen LogP contribution in [-0.4, -0.2) is 52.9 Å². The number of nitrogens with two attached hydrogens (primary N) is 1. The van der Waals surface area contributed by atoms with Crippen molar-refractivity contribution in [3.05, 3.63) is 51.9 Å². The monoisotopic (exact) mass is 480 g/mol. The quantitative estimate of drug-likeness (QED) is 0.390. The van der Waals surface area contributed by atoms with Gasteiger partial charge in [0, 0.05) is 37.7 Å². The standard InChI is InChI=1S/C23H24N6O4S/c1-12-18(23(31-3)10-32-11-23)34-22(27-12)17(19(24)30)9-26-21-16-8-15(20-28-13(2)33-29-20)5-4-14(16)6-7-25-21/h4-8,17H,9-11H2,1-3H3,(H2,24,30)(H,25,26).